The van der Waals surface area contributed by atoms with Gasteiger partial charge in [-0.25, -0.2) is 29.0 Å². The van der Waals surface area contributed by atoms with Crippen LogP contribution in [0.15, 0.2) is 103 Å². The first-order valence-corrected chi connectivity index (χ1v) is 39.5. The summed E-state index contributed by atoms with van der Waals surface area (Å²) in [6, 6.07) is 16.6. The van der Waals surface area contributed by atoms with Crippen molar-refractivity contribution in [2.45, 2.75) is 139 Å². The van der Waals surface area contributed by atoms with Crippen molar-refractivity contribution in [3.8, 4) is 34.5 Å². The molecule has 4 saturated heterocycles. The molecule has 0 aromatic heterocycles. The second-order valence-corrected chi connectivity index (χ2v) is 29.5. The van der Waals surface area contributed by atoms with Crippen molar-refractivity contribution in [1.29, 1.82) is 0 Å². The van der Waals surface area contributed by atoms with Crippen LogP contribution < -0.4 is 49.3 Å². The molecule has 0 saturated carbocycles. The number of ketones is 1. The predicted molar refractivity (Wildman–Crippen MR) is 424 cm³/mol. The number of anilines is 2. The van der Waals surface area contributed by atoms with Gasteiger partial charge in [0.05, 0.1) is 119 Å². The predicted octanol–water partition coefficient (Wildman–Crippen LogP) is 1.59. The highest BCUT2D eigenvalue weighted by molar-refractivity contribution is 6.07. The fourth-order valence-corrected chi connectivity index (χ4v) is 14.4. The first-order chi connectivity index (χ1) is 59.1. The number of hydrogen-bond donors (Lipinski definition) is 12. The van der Waals surface area contributed by atoms with Gasteiger partial charge in [0.1, 0.15) is 99.3 Å². The summed E-state index contributed by atoms with van der Waals surface area (Å²) in [5.74, 6) is -5.23. The minimum Gasteiger partial charge on any atom is -0.493 e. The van der Waals surface area contributed by atoms with Crippen LogP contribution in [-0.2, 0) is 83.4 Å². The van der Waals surface area contributed by atoms with Crippen LogP contribution in [0.3, 0.4) is 0 Å². The zero-order valence-electron chi connectivity index (χ0n) is 67.7. The summed E-state index contributed by atoms with van der Waals surface area (Å²) in [6.45, 7) is 8.95. The highest BCUT2D eigenvalue weighted by atomic mass is 16.7. The second kappa shape index (κ2) is 43.5. The molecule has 5 aromatic carbocycles. The number of aliphatic carboxylic acids is 2. The van der Waals surface area contributed by atoms with Crippen LogP contribution in [0.4, 0.5) is 21.0 Å². The van der Waals surface area contributed by atoms with E-state index in [1.165, 1.54) is 84.7 Å². The monoisotopic (exact) mass is 1730 g/mol. The maximum atomic E-state index is 14.9. The number of aliphatic hydroxyl groups is 8. The Morgan fingerprint density at radius 2 is 1.07 bits per heavy atom. The maximum Gasteiger partial charge on any atom is 0.416 e. The molecule has 668 valence electrons. The number of carboxylic acid groups (broad SMARTS) is 2. The van der Waals surface area contributed by atoms with Crippen LogP contribution in [-0.4, -0.2) is 315 Å². The normalized spacial score (nSPS) is 22.9. The Morgan fingerprint density at radius 1 is 0.537 bits per heavy atom. The van der Waals surface area contributed by atoms with Crippen molar-refractivity contribution >= 4 is 59.0 Å². The third-order valence-electron chi connectivity index (χ3n) is 20.6. The number of carboxylic acids is 2. The number of nitrogens with zero attached hydrogens (tertiary/aromatic N) is 4. The molecule has 0 radical (unpaired) electrons. The highest BCUT2D eigenvalue weighted by Crippen LogP contribution is 2.45. The first-order valence-electron chi connectivity index (χ1n) is 39.5. The van der Waals surface area contributed by atoms with Crippen LogP contribution in [0, 0.1) is 6.92 Å². The minimum absolute atomic E-state index is 0.00624. The van der Waals surface area contributed by atoms with Crippen molar-refractivity contribution in [3.63, 3.8) is 0 Å². The number of carbonyl (C=O) groups excluding carboxylic acids is 6. The highest BCUT2D eigenvalue weighted by Gasteiger charge is 2.51. The van der Waals surface area contributed by atoms with Crippen LogP contribution in [0.5, 0.6) is 34.5 Å². The molecule has 13 atom stereocenters. The zero-order valence-corrected chi connectivity index (χ0v) is 67.7. The lowest BCUT2D eigenvalue weighted by molar-refractivity contribution is -0.271. The number of fused-ring (bicyclic) bond motifs is 4. The summed E-state index contributed by atoms with van der Waals surface area (Å²) in [6.07, 6.45) is -21.8. The molecule has 0 bridgehead atoms. The minimum atomic E-state index is -2.06. The second-order valence-electron chi connectivity index (χ2n) is 29.5. The molecule has 6 heterocycles. The van der Waals surface area contributed by atoms with Crippen LogP contribution in [0.1, 0.15) is 94.9 Å². The van der Waals surface area contributed by atoms with Gasteiger partial charge in [0, 0.05) is 58.4 Å². The topological polar surface area (TPSA) is 538 Å². The molecule has 11 rings (SSSR count). The molecule has 40 nitrogen and oxygen atoms in total. The van der Waals surface area contributed by atoms with E-state index in [0.29, 0.717) is 47.4 Å². The van der Waals surface area contributed by atoms with E-state index in [9.17, 15) is 84.3 Å². The number of rotatable bonds is 42. The van der Waals surface area contributed by atoms with Gasteiger partial charge in [0.2, 0.25) is 12.6 Å². The van der Waals surface area contributed by atoms with Gasteiger partial charge in [-0.3, -0.25) is 19.2 Å². The summed E-state index contributed by atoms with van der Waals surface area (Å²) < 4.78 is 91.9. The lowest BCUT2D eigenvalue weighted by atomic mass is 9.99. The maximum absolute atomic E-state index is 14.9. The van der Waals surface area contributed by atoms with Crippen molar-refractivity contribution < 1.29 is 165 Å². The Bertz CT molecular complexity index is 4610. The van der Waals surface area contributed by atoms with E-state index >= 15 is 0 Å². The number of aryl methyl sites for hydroxylation is 1. The fourth-order valence-electron chi connectivity index (χ4n) is 14.4. The quantitative estimate of drug-likeness (QED) is 0.0150. The third kappa shape index (κ3) is 23.2. The van der Waals surface area contributed by atoms with E-state index in [2.05, 4.69) is 18.5 Å². The van der Waals surface area contributed by atoms with E-state index in [-0.39, 0.29) is 204 Å². The summed E-state index contributed by atoms with van der Waals surface area (Å²) in [5, 5.41) is 109. The van der Waals surface area contributed by atoms with E-state index in [0.717, 1.165) is 9.80 Å². The standard InChI is InChI=1S/C83H102N6O34/c1-44-25-58-77(102)88(82(106)120-39-48-9-11-63(122-81-72(98)69(95)70(96)73(123-81)79(104)105)55(32-48)74(99)85-13-16-111-18-17-110-15-12-84)56-34-64(46(3)27-52(56)75(100)86(58)36-44)116-40-49-28-50(30-51(29-49)115-24-23-113-20-19-112-21-22-114-43-67(92)93)41-117-66-35-57-53(33-65(66)109-5)76(101)87-37-45(2)26-59(87)78(103)89(57)83(107)119-38-47-8-10-62(54(31-47)60(90)7-6-14-108-4)121-80-71(97)68(94)61(91)42-118-80/h8-11,27-35,58-59,61,68-73,77-78,80-81,91,94-98,102-103H,1-2,6-7,12-26,36-43,84H2,3-5H3,(H,85,99)(H,92,93)(H,104,105)/t58-,59-,61+,68-,69-,70-,71+,72+,73-,77?,78?,80-,81+/m0/s1. The van der Waals surface area contributed by atoms with Crippen molar-refractivity contribution in [2.24, 2.45) is 5.73 Å². The Labute approximate surface area is 705 Å². The van der Waals surface area contributed by atoms with E-state index in [4.69, 9.17) is 86.6 Å². The first kappa shape index (κ1) is 93.0. The number of hydrogen-bond acceptors (Lipinski definition) is 33. The van der Waals surface area contributed by atoms with Gasteiger partial charge in [0.15, 0.2) is 35.8 Å². The summed E-state index contributed by atoms with van der Waals surface area (Å²) in [7, 11) is 2.80. The summed E-state index contributed by atoms with van der Waals surface area (Å²) in [4.78, 5) is 114. The number of nitrogens with two attached hydrogens (primary N) is 1. The van der Waals surface area contributed by atoms with Gasteiger partial charge in [-0.2, -0.15) is 0 Å². The average Bonchev–Trinajstić information content (AvgIpc) is 1.61. The molecule has 40 heteroatoms. The number of benzene rings is 5. The Morgan fingerprint density at radius 3 is 1.64 bits per heavy atom. The molecule has 2 unspecified atom stereocenters. The van der Waals surface area contributed by atoms with E-state index in [1.807, 2.05) is 0 Å². The smallest absolute Gasteiger partial charge is 0.416 e. The summed E-state index contributed by atoms with van der Waals surface area (Å²) >= 11 is 0. The molecular formula is C83H102N6O34. The lowest BCUT2D eigenvalue weighted by Crippen LogP contribution is -2.61. The molecule has 6 aliphatic rings. The number of aliphatic hydroxyl groups excluding tert-OH is 8. The van der Waals surface area contributed by atoms with Crippen LogP contribution in [0.2, 0.25) is 0 Å². The van der Waals surface area contributed by atoms with Crippen molar-refractivity contribution in [1.82, 2.24) is 15.1 Å². The molecule has 0 aliphatic carbocycles. The number of Topliss-reactive ketones (excluding diaryl/α,β-unsaturated/α-hetero) is 1. The van der Waals surface area contributed by atoms with Crippen molar-refractivity contribution in [3.05, 3.63) is 153 Å². The average molecular weight is 1730 g/mol. The SMILES string of the molecule is C=C1C[C@H]2C(O)N(C(=O)OCc3ccc(O[C@@H]4O[C@H](C(=O)O)[C@@H](O)[C@H](O)[C@H]4O)c(C(=O)NCCOCCOCCN)c3)c3cc(OCc4cc(COc5cc6c(cc5OC)C(=O)N5CC(=C)C[C@H]5C(O)N6C(=O)OCc5ccc(O[C@@H]6OC[C@@H](O)[C@H](O)[C@H]6O)c(C(=O)CCCOC)c5)cc(OCCOCCOCCOCC(=O)O)c4)c(C)cc3C(=O)N2C1. The number of ether oxygens (including phenoxy) is 16. The molecule has 6 aliphatic heterocycles. The van der Waals surface area contributed by atoms with Crippen molar-refractivity contribution in [2.75, 3.05) is 136 Å². The van der Waals surface area contributed by atoms with Gasteiger partial charge in [0.25, 0.3) is 17.7 Å². The third-order valence-corrected chi connectivity index (χ3v) is 20.6. The number of methoxy groups -OCH3 is 2. The Hall–Kier alpha value is -10.7. The lowest BCUT2D eigenvalue weighted by Gasteiger charge is -2.38. The molecular weight excluding hydrogens is 1620 g/mol. The van der Waals surface area contributed by atoms with Gasteiger partial charge >= 0.3 is 24.1 Å². The van der Waals surface area contributed by atoms with Gasteiger partial charge < -0.3 is 148 Å². The number of amides is 5. The number of nitrogens with one attached hydrogen (secondary N) is 1. The molecule has 4 fully saturated rings. The van der Waals surface area contributed by atoms with Gasteiger partial charge in [-0.05, 0) is 109 Å². The zero-order chi connectivity index (χ0) is 88.3. The van der Waals surface area contributed by atoms with E-state index in [1.54, 1.807) is 25.1 Å². The van der Waals surface area contributed by atoms with Gasteiger partial charge in [-0.15, -0.1) is 0 Å². The molecule has 5 aromatic rings. The summed E-state index contributed by atoms with van der Waals surface area (Å²) in [5.41, 5.74) is 7.61. The largest absolute Gasteiger partial charge is 0.493 e. The molecule has 13 N–H and O–H groups in total. The number of carbonyl (C=O) groups is 8. The van der Waals surface area contributed by atoms with Crippen LogP contribution >= 0.6 is 0 Å². The molecule has 123 heavy (non-hydrogen) atoms. The molecule has 5 amide bonds. The fraction of sp³-hybridized carbons (Fsp3) is 0.494. The molecule has 0 spiro atoms. The van der Waals surface area contributed by atoms with E-state index < -0.39 is 147 Å². The Balaban J connectivity index is 0.856. The Kier molecular flexibility index (Phi) is 32.9. The van der Waals surface area contributed by atoms with Crippen LogP contribution in [0.25, 0.3) is 0 Å². The van der Waals surface area contributed by atoms with Gasteiger partial charge in [-0.1, -0.05) is 36.4 Å².